The summed E-state index contributed by atoms with van der Waals surface area (Å²) in [6, 6.07) is 13.3. The molecule has 0 saturated heterocycles. The Morgan fingerprint density at radius 2 is 1.33 bits per heavy atom. The smallest absolute Gasteiger partial charge is 0.266 e. The van der Waals surface area contributed by atoms with Crippen LogP contribution in [0.25, 0.3) is 10.8 Å². The summed E-state index contributed by atoms with van der Waals surface area (Å²) in [5, 5.41) is 1.99. The molecular formula is C15H19NO6S2. The van der Waals surface area contributed by atoms with Gasteiger partial charge in [-0.15, -0.1) is 0 Å². The lowest BCUT2D eigenvalue weighted by Gasteiger charge is -2.22. The standard InChI is InChI=1S/C15H19NO6S2/c17-23(18,19)10-8-16(9-11-24(20,21)22)12-14-6-3-5-13-4-1-2-7-15(13)14/h1-7H,8-12H2,(H,17,18,19)(H,20,21,22). The van der Waals surface area contributed by atoms with Crippen molar-refractivity contribution >= 4 is 31.0 Å². The minimum Gasteiger partial charge on any atom is -0.297 e. The zero-order valence-corrected chi connectivity index (χ0v) is 14.5. The van der Waals surface area contributed by atoms with Crippen molar-refractivity contribution in [3.8, 4) is 0 Å². The summed E-state index contributed by atoms with van der Waals surface area (Å²) in [5.41, 5.74) is 0.902. The molecule has 0 heterocycles. The molecule has 9 heteroatoms. The molecule has 0 saturated carbocycles. The van der Waals surface area contributed by atoms with E-state index in [0.29, 0.717) is 6.54 Å². The highest BCUT2D eigenvalue weighted by Gasteiger charge is 2.15. The van der Waals surface area contributed by atoms with Gasteiger partial charge >= 0.3 is 0 Å². The molecule has 0 aliphatic heterocycles. The van der Waals surface area contributed by atoms with Gasteiger partial charge in [0, 0.05) is 19.6 Å². The maximum absolute atomic E-state index is 11.0. The topological polar surface area (TPSA) is 112 Å². The summed E-state index contributed by atoms with van der Waals surface area (Å²) in [6.45, 7) is 0.210. The van der Waals surface area contributed by atoms with Crippen LogP contribution < -0.4 is 0 Å². The number of rotatable bonds is 8. The van der Waals surface area contributed by atoms with Crippen LogP contribution in [0.2, 0.25) is 0 Å². The maximum atomic E-state index is 11.0. The normalized spacial score (nSPS) is 12.8. The molecule has 0 unspecified atom stereocenters. The minimum atomic E-state index is -4.16. The second-order valence-electron chi connectivity index (χ2n) is 5.49. The summed E-state index contributed by atoms with van der Waals surface area (Å²) in [7, 11) is -8.32. The van der Waals surface area contributed by atoms with Crippen LogP contribution in [-0.4, -0.2) is 55.4 Å². The first-order chi connectivity index (χ1) is 11.1. The van der Waals surface area contributed by atoms with Crippen molar-refractivity contribution in [2.75, 3.05) is 24.6 Å². The lowest BCUT2D eigenvalue weighted by Crippen LogP contribution is -2.33. The van der Waals surface area contributed by atoms with E-state index in [1.165, 1.54) is 0 Å². The van der Waals surface area contributed by atoms with Gasteiger partial charge in [-0.3, -0.25) is 14.0 Å². The Kier molecular flexibility index (Phi) is 5.94. The fourth-order valence-corrected chi connectivity index (χ4v) is 3.41. The van der Waals surface area contributed by atoms with Crippen molar-refractivity contribution in [3.63, 3.8) is 0 Å². The fraction of sp³-hybridized carbons (Fsp3) is 0.333. The van der Waals surface area contributed by atoms with Crippen LogP contribution in [0.4, 0.5) is 0 Å². The van der Waals surface area contributed by atoms with Gasteiger partial charge < -0.3 is 0 Å². The van der Waals surface area contributed by atoms with Crippen molar-refractivity contribution in [3.05, 3.63) is 48.0 Å². The van der Waals surface area contributed by atoms with Crippen LogP contribution in [0.15, 0.2) is 42.5 Å². The van der Waals surface area contributed by atoms with E-state index in [1.54, 1.807) is 4.90 Å². The van der Waals surface area contributed by atoms with Gasteiger partial charge in [0.1, 0.15) is 0 Å². The lowest BCUT2D eigenvalue weighted by atomic mass is 10.0. The summed E-state index contributed by atoms with van der Waals surface area (Å²) in [6.07, 6.45) is 0. The van der Waals surface area contributed by atoms with E-state index >= 15 is 0 Å². The maximum Gasteiger partial charge on any atom is 0.266 e. The van der Waals surface area contributed by atoms with E-state index < -0.39 is 31.7 Å². The molecule has 0 spiro atoms. The minimum absolute atomic E-state index is 0.0441. The average Bonchev–Trinajstić information content (AvgIpc) is 2.48. The molecule has 0 amide bonds. The highest BCUT2D eigenvalue weighted by Crippen LogP contribution is 2.20. The van der Waals surface area contributed by atoms with Crippen LogP contribution >= 0.6 is 0 Å². The van der Waals surface area contributed by atoms with Crippen molar-refractivity contribution < 1.29 is 25.9 Å². The molecule has 24 heavy (non-hydrogen) atoms. The van der Waals surface area contributed by atoms with Gasteiger partial charge in [-0.05, 0) is 16.3 Å². The van der Waals surface area contributed by atoms with Crippen LogP contribution in [0.3, 0.4) is 0 Å². The molecule has 2 N–H and O–H groups in total. The Labute approximate surface area is 141 Å². The Bertz CT molecular complexity index is 867. The third kappa shape index (κ3) is 6.17. The fourth-order valence-electron chi connectivity index (χ4n) is 2.43. The first-order valence-electron chi connectivity index (χ1n) is 7.23. The zero-order valence-electron chi connectivity index (χ0n) is 12.9. The molecule has 0 radical (unpaired) electrons. The van der Waals surface area contributed by atoms with E-state index in [9.17, 15) is 16.8 Å². The predicted molar refractivity (Wildman–Crippen MR) is 92.1 cm³/mol. The van der Waals surface area contributed by atoms with Crippen molar-refractivity contribution in [1.82, 2.24) is 4.90 Å². The molecule has 132 valence electrons. The Balaban J connectivity index is 2.22. The number of hydrogen-bond donors (Lipinski definition) is 2. The molecule has 0 aliphatic rings. The van der Waals surface area contributed by atoms with Gasteiger partial charge in [0.05, 0.1) is 11.5 Å². The Morgan fingerprint density at radius 3 is 1.92 bits per heavy atom. The van der Waals surface area contributed by atoms with E-state index in [4.69, 9.17) is 9.11 Å². The SMILES string of the molecule is O=S(=O)(O)CCN(CCS(=O)(=O)O)Cc1cccc2ccccc12. The molecule has 0 bridgehead atoms. The largest absolute Gasteiger partial charge is 0.297 e. The number of nitrogens with zero attached hydrogens (tertiary/aromatic N) is 1. The summed E-state index contributed by atoms with van der Waals surface area (Å²) >= 11 is 0. The molecule has 2 rings (SSSR count). The lowest BCUT2D eigenvalue weighted by molar-refractivity contribution is 0.293. The van der Waals surface area contributed by atoms with Gasteiger partial charge in [-0.1, -0.05) is 42.5 Å². The van der Waals surface area contributed by atoms with Crippen LogP contribution in [0, 0.1) is 0 Å². The second kappa shape index (κ2) is 7.58. The Hall–Kier alpha value is -1.52. The Morgan fingerprint density at radius 1 is 0.792 bits per heavy atom. The summed E-state index contributed by atoms with van der Waals surface area (Å²) < 4.78 is 61.7. The number of fused-ring (bicyclic) bond motifs is 1. The molecular weight excluding hydrogens is 354 g/mol. The molecule has 2 aromatic carbocycles. The molecule has 0 fully saturated rings. The second-order valence-corrected chi connectivity index (χ2v) is 8.63. The highest BCUT2D eigenvalue weighted by atomic mass is 32.2. The summed E-state index contributed by atoms with van der Waals surface area (Å²) in [4.78, 5) is 1.57. The summed E-state index contributed by atoms with van der Waals surface area (Å²) in [5.74, 6) is -1.02. The molecule has 2 aromatic rings. The van der Waals surface area contributed by atoms with Crippen molar-refractivity contribution in [1.29, 1.82) is 0 Å². The quantitative estimate of drug-likeness (QED) is 0.673. The predicted octanol–water partition coefficient (Wildman–Crippen LogP) is 1.42. The van der Waals surface area contributed by atoms with E-state index in [2.05, 4.69) is 0 Å². The third-order valence-corrected chi connectivity index (χ3v) is 5.00. The van der Waals surface area contributed by atoms with E-state index in [0.717, 1.165) is 16.3 Å². The van der Waals surface area contributed by atoms with E-state index in [-0.39, 0.29) is 13.1 Å². The average molecular weight is 373 g/mol. The first-order valence-corrected chi connectivity index (χ1v) is 10.5. The number of hydrogen-bond acceptors (Lipinski definition) is 5. The van der Waals surface area contributed by atoms with Crippen LogP contribution in [-0.2, 0) is 26.8 Å². The van der Waals surface area contributed by atoms with Crippen molar-refractivity contribution in [2.45, 2.75) is 6.54 Å². The third-order valence-electron chi connectivity index (χ3n) is 3.60. The van der Waals surface area contributed by atoms with Gasteiger partial charge in [-0.2, -0.15) is 16.8 Å². The molecule has 0 aromatic heterocycles. The van der Waals surface area contributed by atoms with Crippen LogP contribution in [0.5, 0.6) is 0 Å². The monoisotopic (exact) mass is 373 g/mol. The van der Waals surface area contributed by atoms with Crippen LogP contribution in [0.1, 0.15) is 5.56 Å². The first kappa shape index (κ1) is 18.8. The molecule has 7 nitrogen and oxygen atoms in total. The van der Waals surface area contributed by atoms with Gasteiger partial charge in [0.15, 0.2) is 0 Å². The highest BCUT2D eigenvalue weighted by molar-refractivity contribution is 7.86. The number of benzene rings is 2. The van der Waals surface area contributed by atoms with E-state index in [1.807, 2.05) is 42.5 Å². The molecule has 0 aliphatic carbocycles. The van der Waals surface area contributed by atoms with Gasteiger partial charge in [0.25, 0.3) is 20.2 Å². The zero-order chi connectivity index (χ0) is 17.8. The van der Waals surface area contributed by atoms with Gasteiger partial charge in [-0.25, -0.2) is 0 Å². The molecule has 0 atom stereocenters. The van der Waals surface area contributed by atoms with Gasteiger partial charge in [0.2, 0.25) is 0 Å². The van der Waals surface area contributed by atoms with Crippen molar-refractivity contribution in [2.24, 2.45) is 0 Å².